The zero-order valence-electron chi connectivity index (χ0n) is 11.2. The molecule has 0 atom stereocenters. The van der Waals surface area contributed by atoms with Crippen molar-refractivity contribution in [2.75, 3.05) is 20.8 Å². The van der Waals surface area contributed by atoms with E-state index in [1.165, 1.54) is 20.3 Å². The number of aromatic hydroxyl groups is 1. The maximum absolute atomic E-state index is 11.8. The van der Waals surface area contributed by atoms with Gasteiger partial charge < -0.3 is 20.3 Å². The molecule has 3 N–H and O–H groups in total. The van der Waals surface area contributed by atoms with Crippen LogP contribution in [0.3, 0.4) is 0 Å². The van der Waals surface area contributed by atoms with Crippen molar-refractivity contribution in [2.24, 2.45) is 5.73 Å². The minimum atomic E-state index is -0.482. The van der Waals surface area contributed by atoms with Crippen LogP contribution in [0.2, 0.25) is 0 Å². The molecule has 0 spiro atoms. The van der Waals surface area contributed by atoms with Gasteiger partial charge in [0.2, 0.25) is 0 Å². The number of ether oxygens (including phenoxy) is 2. The van der Waals surface area contributed by atoms with Crippen LogP contribution in [0.1, 0.15) is 35.2 Å². The summed E-state index contributed by atoms with van der Waals surface area (Å²) in [5.41, 5.74) is 6.65. The summed E-state index contributed by atoms with van der Waals surface area (Å²) in [4.78, 5) is 11.8. The number of carbonyl (C=O) groups excluding carboxylic acids is 1. The zero-order chi connectivity index (χ0) is 14.0. The van der Waals surface area contributed by atoms with Gasteiger partial charge in [-0.15, -0.1) is 0 Å². The Morgan fingerprint density at radius 2 is 2.11 bits per heavy atom. The van der Waals surface area contributed by atoms with E-state index in [1.807, 2.05) is 0 Å². The van der Waals surface area contributed by atoms with E-state index in [4.69, 9.17) is 15.2 Å². The van der Waals surface area contributed by atoms with Gasteiger partial charge in [0.25, 0.3) is 0 Å². The molecule has 0 amide bonds. The lowest BCUT2D eigenvalue weighted by atomic mass is 9.64. The summed E-state index contributed by atoms with van der Waals surface area (Å²) in [6.45, 7) is 0.452. The number of benzene rings is 1. The Kier molecular flexibility index (Phi) is 3.66. The second-order valence-corrected chi connectivity index (χ2v) is 4.90. The summed E-state index contributed by atoms with van der Waals surface area (Å²) in [7, 11) is 2.76. The summed E-state index contributed by atoms with van der Waals surface area (Å²) >= 11 is 0. The lowest BCUT2D eigenvalue weighted by Gasteiger charge is -2.42. The van der Waals surface area contributed by atoms with Crippen LogP contribution in [0.25, 0.3) is 0 Å². The fourth-order valence-electron chi connectivity index (χ4n) is 2.62. The van der Waals surface area contributed by atoms with E-state index in [-0.39, 0.29) is 11.2 Å². The Balaban J connectivity index is 2.53. The summed E-state index contributed by atoms with van der Waals surface area (Å²) in [5.74, 6) is -0.0566. The third-order valence-corrected chi connectivity index (χ3v) is 4.00. The molecule has 0 aromatic heterocycles. The Bertz CT molecular complexity index is 489. The first-order valence-corrected chi connectivity index (χ1v) is 6.28. The zero-order valence-corrected chi connectivity index (χ0v) is 11.2. The first kappa shape index (κ1) is 13.7. The number of phenolic OH excluding ortho intramolecular Hbond substituents is 1. The van der Waals surface area contributed by atoms with E-state index in [2.05, 4.69) is 0 Å². The molecule has 0 bridgehead atoms. The van der Waals surface area contributed by atoms with Gasteiger partial charge in [-0.3, -0.25) is 0 Å². The SMILES string of the molecule is COC(=O)c1cc(C2(CN)CCC2)c(O)cc1OC. The first-order valence-electron chi connectivity index (χ1n) is 6.28. The van der Waals surface area contributed by atoms with E-state index in [0.717, 1.165) is 19.3 Å². The third-order valence-electron chi connectivity index (χ3n) is 4.00. The number of phenols is 1. The van der Waals surface area contributed by atoms with Crippen molar-refractivity contribution in [1.29, 1.82) is 0 Å². The van der Waals surface area contributed by atoms with Crippen molar-refractivity contribution in [3.05, 3.63) is 23.3 Å². The molecule has 0 saturated heterocycles. The van der Waals surface area contributed by atoms with Crippen molar-refractivity contribution in [3.8, 4) is 11.5 Å². The summed E-state index contributed by atoms with van der Waals surface area (Å²) in [6.07, 6.45) is 2.92. The quantitative estimate of drug-likeness (QED) is 0.807. The van der Waals surface area contributed by atoms with Crippen LogP contribution in [-0.4, -0.2) is 31.8 Å². The third kappa shape index (κ3) is 2.14. The van der Waals surface area contributed by atoms with E-state index >= 15 is 0 Å². The lowest BCUT2D eigenvalue weighted by Crippen LogP contribution is -2.41. The average Bonchev–Trinajstić information content (AvgIpc) is 2.38. The first-order chi connectivity index (χ1) is 9.07. The van der Waals surface area contributed by atoms with Crippen LogP contribution in [-0.2, 0) is 10.2 Å². The molecule has 5 nitrogen and oxygen atoms in total. The average molecular weight is 265 g/mol. The summed E-state index contributed by atoms with van der Waals surface area (Å²) in [5, 5.41) is 10.1. The number of nitrogens with two attached hydrogens (primary N) is 1. The van der Waals surface area contributed by atoms with Crippen LogP contribution < -0.4 is 10.5 Å². The summed E-state index contributed by atoms with van der Waals surface area (Å²) in [6, 6.07) is 3.10. The standard InChI is InChI=1S/C14H19NO4/c1-18-12-7-11(16)10(6-9(12)13(17)19-2)14(8-15)4-3-5-14/h6-7,16H,3-5,8,15H2,1-2H3. The molecule has 2 rings (SSSR count). The van der Waals surface area contributed by atoms with Crippen molar-refractivity contribution in [3.63, 3.8) is 0 Å². The molecule has 0 aliphatic heterocycles. The van der Waals surface area contributed by atoms with Gasteiger partial charge >= 0.3 is 5.97 Å². The van der Waals surface area contributed by atoms with E-state index in [0.29, 0.717) is 23.4 Å². The maximum atomic E-state index is 11.8. The van der Waals surface area contributed by atoms with E-state index in [9.17, 15) is 9.90 Å². The highest BCUT2D eigenvalue weighted by Crippen LogP contribution is 2.47. The van der Waals surface area contributed by atoms with Gasteiger partial charge in [-0.25, -0.2) is 4.79 Å². The minimum absolute atomic E-state index is 0.120. The Morgan fingerprint density at radius 1 is 1.42 bits per heavy atom. The molecule has 0 radical (unpaired) electrons. The monoisotopic (exact) mass is 265 g/mol. The minimum Gasteiger partial charge on any atom is -0.508 e. The second kappa shape index (κ2) is 5.09. The van der Waals surface area contributed by atoms with Crippen LogP contribution in [0.15, 0.2) is 12.1 Å². The number of hydrogen-bond donors (Lipinski definition) is 2. The molecular weight excluding hydrogens is 246 g/mol. The van der Waals surface area contributed by atoms with Crippen molar-refractivity contribution < 1.29 is 19.4 Å². The Hall–Kier alpha value is -1.75. The number of rotatable bonds is 4. The number of esters is 1. The highest BCUT2D eigenvalue weighted by atomic mass is 16.5. The fourth-order valence-corrected chi connectivity index (χ4v) is 2.62. The molecular formula is C14H19NO4. The van der Waals surface area contributed by atoms with Crippen LogP contribution in [0, 0.1) is 0 Å². The van der Waals surface area contributed by atoms with Gasteiger partial charge in [-0.1, -0.05) is 6.42 Å². The molecule has 1 saturated carbocycles. The van der Waals surface area contributed by atoms with Gasteiger partial charge in [-0.2, -0.15) is 0 Å². The van der Waals surface area contributed by atoms with Gasteiger partial charge in [-0.05, 0) is 18.9 Å². The highest BCUT2D eigenvalue weighted by Gasteiger charge is 2.40. The van der Waals surface area contributed by atoms with Gasteiger partial charge in [0.15, 0.2) is 0 Å². The predicted octanol–water partition coefficient (Wildman–Crippen LogP) is 1.57. The largest absolute Gasteiger partial charge is 0.508 e. The van der Waals surface area contributed by atoms with Crippen LogP contribution in [0.5, 0.6) is 11.5 Å². The summed E-state index contributed by atoms with van der Waals surface area (Å²) < 4.78 is 9.85. The smallest absolute Gasteiger partial charge is 0.341 e. The molecule has 1 aliphatic rings. The van der Waals surface area contributed by atoms with Gasteiger partial charge in [0.05, 0.1) is 14.2 Å². The van der Waals surface area contributed by atoms with Crippen LogP contribution >= 0.6 is 0 Å². The molecule has 1 fully saturated rings. The number of methoxy groups -OCH3 is 2. The van der Waals surface area contributed by atoms with Crippen molar-refractivity contribution in [1.82, 2.24) is 0 Å². The van der Waals surface area contributed by atoms with Gasteiger partial charge in [0, 0.05) is 23.6 Å². The lowest BCUT2D eigenvalue weighted by molar-refractivity contribution is 0.0596. The fraction of sp³-hybridized carbons (Fsp3) is 0.500. The highest BCUT2D eigenvalue weighted by molar-refractivity contribution is 5.93. The second-order valence-electron chi connectivity index (χ2n) is 4.90. The van der Waals surface area contributed by atoms with E-state index in [1.54, 1.807) is 6.07 Å². The maximum Gasteiger partial charge on any atom is 0.341 e. The molecule has 1 aliphatic carbocycles. The van der Waals surface area contributed by atoms with Crippen LogP contribution in [0.4, 0.5) is 0 Å². The van der Waals surface area contributed by atoms with Crippen molar-refractivity contribution in [2.45, 2.75) is 24.7 Å². The number of hydrogen-bond acceptors (Lipinski definition) is 5. The molecule has 0 unspecified atom stereocenters. The Morgan fingerprint density at radius 3 is 2.53 bits per heavy atom. The van der Waals surface area contributed by atoms with Gasteiger partial charge in [0.1, 0.15) is 17.1 Å². The predicted molar refractivity (Wildman–Crippen MR) is 70.6 cm³/mol. The number of carbonyl (C=O) groups is 1. The Labute approximate surface area is 112 Å². The topological polar surface area (TPSA) is 81.8 Å². The van der Waals surface area contributed by atoms with Crippen molar-refractivity contribution >= 4 is 5.97 Å². The molecule has 104 valence electrons. The molecule has 1 aromatic carbocycles. The van der Waals surface area contributed by atoms with E-state index < -0.39 is 5.97 Å². The molecule has 19 heavy (non-hydrogen) atoms. The molecule has 5 heteroatoms. The normalized spacial score (nSPS) is 16.6. The molecule has 1 aromatic rings. The molecule has 0 heterocycles.